The average Bonchev–Trinajstić information content (AvgIpc) is 1.84. The molecule has 0 aliphatic heterocycles. The fraction of sp³-hybridized carbons (Fsp3) is 0.200. The third-order valence-electron chi connectivity index (χ3n) is 0.699. The second kappa shape index (κ2) is 3.10. The highest BCUT2D eigenvalue weighted by molar-refractivity contribution is 6.27. The van der Waals surface area contributed by atoms with Crippen molar-refractivity contribution in [1.82, 2.24) is 0 Å². The number of ketones is 1. The van der Waals surface area contributed by atoms with E-state index in [1.807, 2.05) is 0 Å². The first kappa shape index (κ1) is 7.04. The molecule has 0 aromatic rings. The van der Waals surface area contributed by atoms with Crippen LogP contribution in [0.25, 0.3) is 0 Å². The molecule has 0 saturated heterocycles. The quantitative estimate of drug-likeness (QED) is 0.298. The van der Waals surface area contributed by atoms with Crippen molar-refractivity contribution in [2.75, 3.05) is 0 Å². The van der Waals surface area contributed by atoms with Crippen molar-refractivity contribution in [3.8, 4) is 0 Å². The molecule has 0 radical (unpaired) electrons. The van der Waals surface area contributed by atoms with Crippen LogP contribution in [0.3, 0.4) is 0 Å². The second-order valence-electron chi connectivity index (χ2n) is 1.28. The highest BCUT2D eigenvalue weighted by Gasteiger charge is 2.05. The molecule has 0 aliphatic rings. The Balaban J connectivity index is 3.80. The predicted molar refractivity (Wildman–Crippen MR) is 29.2 cm³/mol. The lowest BCUT2D eigenvalue weighted by molar-refractivity contribution is -0.130. The summed E-state index contributed by atoms with van der Waals surface area (Å²) in [4.78, 5) is 19.8. The van der Waals surface area contributed by atoms with Gasteiger partial charge < -0.3 is 5.73 Å². The Morgan fingerprint density at radius 3 is 2.38 bits per heavy atom. The topological polar surface area (TPSA) is 60.2 Å². The van der Waals surface area contributed by atoms with Gasteiger partial charge in [-0.3, -0.25) is 9.59 Å². The molecule has 2 N–H and O–H groups in total. The van der Waals surface area contributed by atoms with Crippen molar-refractivity contribution >= 4 is 12.1 Å². The van der Waals surface area contributed by atoms with Crippen LogP contribution in [0.2, 0.25) is 0 Å². The first-order chi connectivity index (χ1) is 3.72. The molecule has 0 rings (SSSR count). The van der Waals surface area contributed by atoms with Gasteiger partial charge in [-0.25, -0.2) is 0 Å². The third-order valence-corrected chi connectivity index (χ3v) is 0.699. The van der Waals surface area contributed by atoms with Crippen LogP contribution in [0.1, 0.15) is 0 Å². The van der Waals surface area contributed by atoms with Gasteiger partial charge in [-0.15, -0.1) is 6.58 Å². The average molecular weight is 113 g/mol. The molecule has 0 aromatic heterocycles. The number of hydrogen-bond acceptors (Lipinski definition) is 3. The molecule has 0 aromatic carbocycles. The third kappa shape index (κ3) is 1.66. The van der Waals surface area contributed by atoms with E-state index in [2.05, 4.69) is 6.58 Å². The molecule has 0 aliphatic carbocycles. The highest BCUT2D eigenvalue weighted by Crippen LogP contribution is 1.76. The first-order valence-corrected chi connectivity index (χ1v) is 2.09. The van der Waals surface area contributed by atoms with E-state index in [1.54, 1.807) is 0 Å². The molecule has 0 amide bonds. The minimum absolute atomic E-state index is 0.187. The Morgan fingerprint density at radius 1 is 1.75 bits per heavy atom. The summed E-state index contributed by atoms with van der Waals surface area (Å²) in [5, 5.41) is 0. The summed E-state index contributed by atoms with van der Waals surface area (Å²) in [5.41, 5.74) is 5.03. The van der Waals surface area contributed by atoms with E-state index in [-0.39, 0.29) is 6.29 Å². The summed E-state index contributed by atoms with van der Waals surface area (Å²) in [6.45, 7) is 3.22. The van der Waals surface area contributed by atoms with Crippen molar-refractivity contribution in [2.45, 2.75) is 6.04 Å². The van der Waals surface area contributed by atoms with Crippen LogP contribution >= 0.6 is 0 Å². The number of aldehydes is 1. The summed E-state index contributed by atoms with van der Waals surface area (Å²) in [6, 6.07) is -0.826. The van der Waals surface area contributed by atoms with E-state index in [4.69, 9.17) is 5.73 Å². The molecule has 0 spiro atoms. The Kier molecular flexibility index (Phi) is 2.72. The number of carbonyl (C=O) groups is 2. The van der Waals surface area contributed by atoms with Crippen molar-refractivity contribution in [3.05, 3.63) is 12.7 Å². The Morgan fingerprint density at radius 2 is 2.25 bits per heavy atom. The summed E-state index contributed by atoms with van der Waals surface area (Å²) < 4.78 is 0. The standard InChI is InChI=1S/C5H7NO2/c1-2-4(6)5(8)3-7/h2-4H,1,6H2. The molecule has 3 nitrogen and oxygen atoms in total. The minimum Gasteiger partial charge on any atom is -0.318 e. The molecule has 1 unspecified atom stereocenters. The van der Waals surface area contributed by atoms with Gasteiger partial charge in [-0.05, 0) is 0 Å². The van der Waals surface area contributed by atoms with Crippen molar-refractivity contribution in [2.24, 2.45) is 5.73 Å². The monoisotopic (exact) mass is 113 g/mol. The van der Waals surface area contributed by atoms with Gasteiger partial charge in [0.25, 0.3) is 0 Å². The maximum Gasteiger partial charge on any atom is 0.215 e. The van der Waals surface area contributed by atoms with E-state index in [1.165, 1.54) is 6.08 Å². The molecule has 0 saturated carbocycles. The number of hydrogen-bond donors (Lipinski definition) is 1. The van der Waals surface area contributed by atoms with Crippen LogP contribution in [-0.4, -0.2) is 18.1 Å². The van der Waals surface area contributed by atoms with Gasteiger partial charge in [0, 0.05) is 0 Å². The summed E-state index contributed by atoms with van der Waals surface area (Å²) in [7, 11) is 0. The van der Waals surface area contributed by atoms with Crippen LogP contribution in [-0.2, 0) is 9.59 Å². The zero-order valence-electron chi connectivity index (χ0n) is 4.33. The molecule has 1 atom stereocenters. The Labute approximate surface area is 47.2 Å². The molecule has 0 bridgehead atoms. The van der Waals surface area contributed by atoms with Gasteiger partial charge in [0.05, 0.1) is 6.04 Å². The predicted octanol–water partition coefficient (Wildman–Crippen LogP) is -0.732. The summed E-state index contributed by atoms with van der Waals surface area (Å²) in [5.74, 6) is -0.639. The SMILES string of the molecule is C=CC(N)C(=O)C=O. The molecule has 3 heteroatoms. The van der Waals surface area contributed by atoms with Gasteiger partial charge >= 0.3 is 0 Å². The fourth-order valence-electron chi connectivity index (χ4n) is 0.195. The van der Waals surface area contributed by atoms with Crippen LogP contribution in [0.4, 0.5) is 0 Å². The van der Waals surface area contributed by atoms with Crippen molar-refractivity contribution < 1.29 is 9.59 Å². The lowest BCUT2D eigenvalue weighted by Crippen LogP contribution is -2.28. The number of carbonyl (C=O) groups excluding carboxylic acids is 2. The van der Waals surface area contributed by atoms with E-state index in [0.717, 1.165) is 0 Å². The molecule has 0 heterocycles. The number of nitrogens with two attached hydrogens (primary N) is 1. The van der Waals surface area contributed by atoms with E-state index < -0.39 is 11.8 Å². The second-order valence-corrected chi connectivity index (χ2v) is 1.28. The van der Waals surface area contributed by atoms with Crippen LogP contribution in [0.15, 0.2) is 12.7 Å². The minimum atomic E-state index is -0.826. The number of rotatable bonds is 3. The lowest BCUT2D eigenvalue weighted by Gasteiger charge is -1.93. The van der Waals surface area contributed by atoms with Crippen LogP contribution in [0, 0.1) is 0 Å². The van der Waals surface area contributed by atoms with E-state index in [9.17, 15) is 9.59 Å². The summed E-state index contributed by atoms with van der Waals surface area (Å²) >= 11 is 0. The Bertz CT molecular complexity index is 120. The van der Waals surface area contributed by atoms with E-state index in [0.29, 0.717) is 0 Å². The molecular formula is C5H7NO2. The maximum absolute atomic E-state index is 10.2. The van der Waals surface area contributed by atoms with Crippen LogP contribution < -0.4 is 5.73 Å². The van der Waals surface area contributed by atoms with Crippen molar-refractivity contribution in [3.63, 3.8) is 0 Å². The smallest absolute Gasteiger partial charge is 0.215 e. The number of Topliss-reactive ketones (excluding diaryl/α,β-unsaturated/α-hetero) is 1. The van der Waals surface area contributed by atoms with Gasteiger partial charge in [0.15, 0.2) is 6.29 Å². The van der Waals surface area contributed by atoms with Gasteiger partial charge in [-0.2, -0.15) is 0 Å². The molecule has 44 valence electrons. The largest absolute Gasteiger partial charge is 0.318 e. The molecular weight excluding hydrogens is 106 g/mol. The van der Waals surface area contributed by atoms with Crippen LogP contribution in [0.5, 0.6) is 0 Å². The van der Waals surface area contributed by atoms with Gasteiger partial charge in [0.2, 0.25) is 5.78 Å². The normalized spacial score (nSPS) is 12.1. The first-order valence-electron chi connectivity index (χ1n) is 2.09. The zero-order chi connectivity index (χ0) is 6.57. The Hall–Kier alpha value is -0.960. The zero-order valence-corrected chi connectivity index (χ0v) is 4.33. The highest BCUT2D eigenvalue weighted by atomic mass is 16.2. The lowest BCUT2D eigenvalue weighted by atomic mass is 10.2. The van der Waals surface area contributed by atoms with Gasteiger partial charge in [0.1, 0.15) is 0 Å². The fourth-order valence-corrected chi connectivity index (χ4v) is 0.195. The summed E-state index contributed by atoms with van der Waals surface area (Å²) in [6.07, 6.45) is 1.41. The van der Waals surface area contributed by atoms with Crippen molar-refractivity contribution in [1.29, 1.82) is 0 Å². The van der Waals surface area contributed by atoms with E-state index >= 15 is 0 Å². The molecule has 0 fully saturated rings. The molecule has 8 heavy (non-hydrogen) atoms. The van der Waals surface area contributed by atoms with Gasteiger partial charge in [-0.1, -0.05) is 6.08 Å². The maximum atomic E-state index is 10.2.